The molecule has 0 radical (unpaired) electrons. The Bertz CT molecular complexity index is 1540. The quantitative estimate of drug-likeness (QED) is 0.125. The van der Waals surface area contributed by atoms with Gasteiger partial charge in [0.2, 0.25) is 11.2 Å². The molecular weight excluding hydrogens is 499 g/mol. The van der Waals surface area contributed by atoms with E-state index < -0.39 is 39.6 Å². The highest BCUT2D eigenvalue weighted by molar-refractivity contribution is 5.92. The zero-order chi connectivity index (χ0) is 26.7. The summed E-state index contributed by atoms with van der Waals surface area (Å²) < 4.78 is 62.4. The average Bonchev–Trinajstić information content (AvgIpc) is 2.86. The molecule has 9 nitrogen and oxygen atoms in total. The zero-order valence-electron chi connectivity index (χ0n) is 18.9. The summed E-state index contributed by atoms with van der Waals surface area (Å²) in [7, 11) is 0. The molecule has 0 amide bonds. The monoisotopic (exact) mass is 515 g/mol. The van der Waals surface area contributed by atoms with E-state index in [9.17, 15) is 32.9 Å². The van der Waals surface area contributed by atoms with E-state index in [1.165, 1.54) is 24.3 Å². The van der Waals surface area contributed by atoms with Gasteiger partial charge in [-0.25, -0.2) is 4.79 Å². The van der Waals surface area contributed by atoms with Gasteiger partial charge in [-0.1, -0.05) is 12.1 Å². The molecule has 0 saturated carbocycles. The Hall–Kier alpha value is -4.87. The van der Waals surface area contributed by atoms with Crippen LogP contribution in [0.1, 0.15) is 23.0 Å². The highest BCUT2D eigenvalue weighted by Crippen LogP contribution is 2.40. The van der Waals surface area contributed by atoms with E-state index in [4.69, 9.17) is 18.6 Å². The molecular formula is C25H16F3NO8. The van der Waals surface area contributed by atoms with Crippen molar-refractivity contribution in [1.82, 2.24) is 0 Å². The van der Waals surface area contributed by atoms with Crippen molar-refractivity contribution >= 4 is 22.6 Å². The van der Waals surface area contributed by atoms with Gasteiger partial charge < -0.3 is 18.6 Å². The van der Waals surface area contributed by atoms with Crippen LogP contribution >= 0.6 is 0 Å². The summed E-state index contributed by atoms with van der Waals surface area (Å²) in [5, 5.41) is 10.5. The maximum Gasteiger partial charge on any atom is 0.453 e. The third-order valence-corrected chi connectivity index (χ3v) is 4.97. The lowest BCUT2D eigenvalue weighted by atomic mass is 10.2. The highest BCUT2D eigenvalue weighted by Gasteiger charge is 2.40. The second-order valence-electron chi connectivity index (χ2n) is 7.42. The highest BCUT2D eigenvalue weighted by atomic mass is 19.4. The molecule has 0 fully saturated rings. The third-order valence-electron chi connectivity index (χ3n) is 4.97. The van der Waals surface area contributed by atoms with Gasteiger partial charge in [-0.2, -0.15) is 13.2 Å². The second kappa shape index (κ2) is 10.0. The van der Waals surface area contributed by atoms with E-state index in [0.717, 1.165) is 36.4 Å². The first-order valence-corrected chi connectivity index (χ1v) is 10.6. The number of nitrogens with zero attached hydrogens (tertiary/aromatic N) is 1. The number of hydrogen-bond donors (Lipinski definition) is 0. The van der Waals surface area contributed by atoms with Crippen LogP contribution in [0.3, 0.4) is 0 Å². The number of ether oxygens (including phenoxy) is 3. The molecule has 0 unspecified atom stereocenters. The molecule has 4 aromatic rings. The number of carbonyl (C=O) groups is 1. The van der Waals surface area contributed by atoms with E-state index in [-0.39, 0.29) is 40.5 Å². The first kappa shape index (κ1) is 25.2. The number of halogens is 3. The van der Waals surface area contributed by atoms with Crippen LogP contribution in [0.5, 0.6) is 23.0 Å². The molecule has 37 heavy (non-hydrogen) atoms. The summed E-state index contributed by atoms with van der Waals surface area (Å²) in [6.45, 7) is 1.88. The minimum absolute atomic E-state index is 0.0418. The Kier molecular flexibility index (Phi) is 6.83. The predicted octanol–water partition coefficient (Wildman–Crippen LogP) is 6.13. The molecule has 0 bridgehead atoms. The van der Waals surface area contributed by atoms with Crippen molar-refractivity contribution in [3.63, 3.8) is 0 Å². The molecule has 1 heterocycles. The minimum Gasteiger partial charge on any atom is -0.490 e. The van der Waals surface area contributed by atoms with Crippen LogP contribution < -0.4 is 19.6 Å². The number of carbonyl (C=O) groups excluding carboxylic acids is 1. The molecule has 190 valence electrons. The largest absolute Gasteiger partial charge is 0.490 e. The first-order valence-electron chi connectivity index (χ1n) is 10.6. The zero-order valence-corrected chi connectivity index (χ0v) is 18.9. The Morgan fingerprint density at radius 1 is 1.03 bits per heavy atom. The predicted molar refractivity (Wildman–Crippen MR) is 123 cm³/mol. The number of rotatable bonds is 7. The van der Waals surface area contributed by atoms with Gasteiger partial charge in [-0.15, -0.1) is 0 Å². The minimum atomic E-state index is -5.10. The molecule has 0 spiro atoms. The van der Waals surface area contributed by atoms with Crippen LogP contribution in [0.4, 0.5) is 18.9 Å². The Morgan fingerprint density at radius 2 is 1.70 bits per heavy atom. The van der Waals surface area contributed by atoms with Gasteiger partial charge >= 0.3 is 12.1 Å². The lowest BCUT2D eigenvalue weighted by Gasteiger charge is -2.15. The van der Waals surface area contributed by atoms with Crippen molar-refractivity contribution in [3.05, 3.63) is 98.4 Å². The SMILES string of the molecule is CCOc1ccccc1Oc1c(C(F)(F)F)oc2cc(OC(=O)c3ccc([N+](=O)[O-])cc3)ccc2c1=O. The number of nitro benzene ring substituents is 1. The van der Waals surface area contributed by atoms with Crippen molar-refractivity contribution < 1.29 is 41.5 Å². The van der Waals surface area contributed by atoms with Crippen LogP contribution in [0, 0.1) is 10.1 Å². The number of non-ortho nitro benzene ring substituents is 1. The number of benzene rings is 3. The lowest BCUT2D eigenvalue weighted by Crippen LogP contribution is -2.16. The fraction of sp³-hybridized carbons (Fsp3) is 0.120. The number of hydrogen-bond acceptors (Lipinski definition) is 8. The lowest BCUT2D eigenvalue weighted by molar-refractivity contribution is -0.384. The van der Waals surface area contributed by atoms with Crippen LogP contribution in [0.2, 0.25) is 0 Å². The average molecular weight is 515 g/mol. The number of nitro groups is 1. The van der Waals surface area contributed by atoms with Crippen molar-refractivity contribution in [1.29, 1.82) is 0 Å². The van der Waals surface area contributed by atoms with E-state index in [2.05, 4.69) is 0 Å². The molecule has 0 N–H and O–H groups in total. The third kappa shape index (κ3) is 5.37. The summed E-state index contributed by atoms with van der Waals surface area (Å²) in [5.74, 6) is -3.90. The molecule has 0 aliphatic rings. The number of alkyl halides is 3. The Morgan fingerprint density at radius 3 is 2.32 bits per heavy atom. The summed E-state index contributed by atoms with van der Waals surface area (Å²) in [5.41, 5.74) is -1.89. The van der Waals surface area contributed by atoms with E-state index in [0.29, 0.717) is 0 Å². The summed E-state index contributed by atoms with van der Waals surface area (Å²) in [6.07, 6.45) is -5.10. The fourth-order valence-corrected chi connectivity index (χ4v) is 3.30. The van der Waals surface area contributed by atoms with Crippen molar-refractivity contribution in [3.8, 4) is 23.0 Å². The van der Waals surface area contributed by atoms with Gasteiger partial charge in [0.1, 0.15) is 11.3 Å². The molecule has 0 atom stereocenters. The molecule has 12 heteroatoms. The van der Waals surface area contributed by atoms with Crippen LogP contribution in [0.25, 0.3) is 11.0 Å². The molecule has 4 rings (SSSR count). The fourth-order valence-electron chi connectivity index (χ4n) is 3.30. The summed E-state index contributed by atoms with van der Waals surface area (Å²) in [6, 6.07) is 13.7. The molecule has 1 aromatic heterocycles. The topological polar surface area (TPSA) is 118 Å². The Labute approximate surface area is 205 Å². The van der Waals surface area contributed by atoms with Crippen molar-refractivity contribution in [2.45, 2.75) is 13.1 Å². The van der Waals surface area contributed by atoms with Crippen LogP contribution in [-0.4, -0.2) is 17.5 Å². The number of fused-ring (bicyclic) bond motifs is 1. The molecule has 0 aliphatic heterocycles. The van der Waals surface area contributed by atoms with Gasteiger partial charge in [0, 0.05) is 18.2 Å². The van der Waals surface area contributed by atoms with Gasteiger partial charge in [-0.3, -0.25) is 14.9 Å². The normalized spacial score (nSPS) is 11.2. The van der Waals surface area contributed by atoms with Gasteiger partial charge in [0.05, 0.1) is 22.5 Å². The van der Waals surface area contributed by atoms with Gasteiger partial charge in [-0.05, 0) is 43.3 Å². The van der Waals surface area contributed by atoms with Crippen LogP contribution in [-0.2, 0) is 6.18 Å². The van der Waals surface area contributed by atoms with Crippen molar-refractivity contribution in [2.75, 3.05) is 6.61 Å². The maximum atomic E-state index is 13.9. The standard InChI is InChI=1S/C25H16F3NO8/c1-2-34-18-5-3-4-6-19(18)36-22-21(30)17-12-11-16(13-20(17)37-23(22)25(26,27)28)35-24(31)14-7-9-15(10-8-14)29(32)33/h3-13H,2H2,1H3. The van der Waals surface area contributed by atoms with Gasteiger partial charge in [0.25, 0.3) is 11.4 Å². The summed E-state index contributed by atoms with van der Waals surface area (Å²) in [4.78, 5) is 35.5. The smallest absolute Gasteiger partial charge is 0.453 e. The van der Waals surface area contributed by atoms with Gasteiger partial charge in [0.15, 0.2) is 11.5 Å². The van der Waals surface area contributed by atoms with Crippen molar-refractivity contribution in [2.24, 2.45) is 0 Å². The van der Waals surface area contributed by atoms with Crippen LogP contribution in [0.15, 0.2) is 75.9 Å². The maximum absolute atomic E-state index is 13.9. The molecule has 3 aromatic carbocycles. The molecule has 0 aliphatic carbocycles. The Balaban J connectivity index is 1.72. The van der Waals surface area contributed by atoms with E-state index >= 15 is 0 Å². The van der Waals surface area contributed by atoms with E-state index in [1.807, 2.05) is 0 Å². The number of para-hydroxylation sites is 2. The summed E-state index contributed by atoms with van der Waals surface area (Å²) >= 11 is 0. The van der Waals surface area contributed by atoms with E-state index in [1.54, 1.807) is 13.0 Å². The number of esters is 1. The second-order valence-corrected chi connectivity index (χ2v) is 7.42. The molecule has 0 saturated heterocycles. The first-order chi connectivity index (χ1) is 17.6.